The smallest absolute Gasteiger partial charge is 0.325 e. The lowest BCUT2D eigenvalue weighted by Crippen LogP contribution is -2.53. The highest BCUT2D eigenvalue weighted by atomic mass is 32.2. The molecule has 1 fully saturated rings. The zero-order valence-electron chi connectivity index (χ0n) is 8.49. The molecule has 0 spiro atoms. The molecule has 1 aliphatic rings. The van der Waals surface area contributed by atoms with Gasteiger partial charge in [-0.2, -0.15) is 0 Å². The average molecular weight is 220 g/mol. The Kier molecular flexibility index (Phi) is 2.90. The fourth-order valence-electron chi connectivity index (χ4n) is 2.15. The lowest BCUT2D eigenvalue weighted by molar-refractivity contribution is -0.141. The van der Waals surface area contributed by atoms with Crippen molar-refractivity contribution in [2.24, 2.45) is 5.92 Å². The standard InChI is InChI=1S/C9H16O4S/c1-7(2)9(8(10)11)5-3-4-6-14(9,12)13/h7H,3-6H2,1-2H3,(H,10,11). The normalized spacial score (nSPS) is 31.6. The molecule has 0 saturated carbocycles. The molecule has 0 aromatic heterocycles. The van der Waals surface area contributed by atoms with E-state index in [0.717, 1.165) is 0 Å². The molecule has 1 atom stereocenters. The highest BCUT2D eigenvalue weighted by molar-refractivity contribution is 7.93. The van der Waals surface area contributed by atoms with Gasteiger partial charge >= 0.3 is 5.97 Å². The number of carboxylic acid groups (broad SMARTS) is 1. The van der Waals surface area contributed by atoms with Crippen LogP contribution >= 0.6 is 0 Å². The molecule has 1 aliphatic heterocycles. The van der Waals surface area contributed by atoms with E-state index >= 15 is 0 Å². The highest BCUT2D eigenvalue weighted by Crippen LogP contribution is 2.37. The molecule has 0 amide bonds. The van der Waals surface area contributed by atoms with Gasteiger partial charge in [0.15, 0.2) is 14.6 Å². The van der Waals surface area contributed by atoms with E-state index < -0.39 is 20.6 Å². The molecule has 5 heteroatoms. The van der Waals surface area contributed by atoms with Crippen LogP contribution in [-0.2, 0) is 14.6 Å². The van der Waals surface area contributed by atoms with Gasteiger partial charge in [-0.1, -0.05) is 20.3 Å². The maximum Gasteiger partial charge on any atom is 0.325 e. The Morgan fingerprint density at radius 1 is 1.36 bits per heavy atom. The molecule has 1 N–H and O–H groups in total. The van der Waals surface area contributed by atoms with Crippen LogP contribution in [0.4, 0.5) is 0 Å². The second kappa shape index (κ2) is 3.53. The second-order valence-electron chi connectivity index (χ2n) is 4.13. The third kappa shape index (κ3) is 1.43. The van der Waals surface area contributed by atoms with E-state index in [2.05, 4.69) is 0 Å². The van der Waals surface area contributed by atoms with Gasteiger partial charge in [-0.25, -0.2) is 8.42 Å². The summed E-state index contributed by atoms with van der Waals surface area (Å²) in [7, 11) is -3.48. The molecule has 1 unspecified atom stereocenters. The molecule has 0 radical (unpaired) electrons. The summed E-state index contributed by atoms with van der Waals surface area (Å²) in [4.78, 5) is 11.2. The van der Waals surface area contributed by atoms with E-state index in [4.69, 9.17) is 5.11 Å². The molecule has 0 aromatic carbocycles. The van der Waals surface area contributed by atoms with E-state index in [0.29, 0.717) is 12.8 Å². The third-order valence-electron chi connectivity index (χ3n) is 3.06. The first-order valence-electron chi connectivity index (χ1n) is 4.80. The Balaban J connectivity index is 3.26. The van der Waals surface area contributed by atoms with E-state index in [1.807, 2.05) is 0 Å². The summed E-state index contributed by atoms with van der Waals surface area (Å²) in [6.45, 7) is 3.33. The Labute approximate surface area is 84.2 Å². The van der Waals surface area contributed by atoms with E-state index in [1.54, 1.807) is 13.8 Å². The molecular weight excluding hydrogens is 204 g/mol. The van der Waals surface area contributed by atoms with Crippen molar-refractivity contribution < 1.29 is 18.3 Å². The molecule has 1 heterocycles. The summed E-state index contributed by atoms with van der Waals surface area (Å²) in [6, 6.07) is 0. The lowest BCUT2D eigenvalue weighted by Gasteiger charge is -2.35. The van der Waals surface area contributed by atoms with Crippen LogP contribution in [0.1, 0.15) is 33.1 Å². The predicted octanol–water partition coefficient (Wildman–Crippen LogP) is 1.06. The molecule has 1 rings (SSSR count). The Bertz CT molecular complexity index is 331. The van der Waals surface area contributed by atoms with E-state index in [-0.39, 0.29) is 18.1 Å². The zero-order valence-corrected chi connectivity index (χ0v) is 9.30. The van der Waals surface area contributed by atoms with Gasteiger partial charge < -0.3 is 5.11 Å². The summed E-state index contributed by atoms with van der Waals surface area (Å²) in [5, 5.41) is 9.12. The highest BCUT2D eigenvalue weighted by Gasteiger charge is 2.54. The number of carboxylic acids is 1. The third-order valence-corrected chi connectivity index (χ3v) is 5.85. The van der Waals surface area contributed by atoms with Gasteiger partial charge in [0.1, 0.15) is 0 Å². The molecule has 14 heavy (non-hydrogen) atoms. The quantitative estimate of drug-likeness (QED) is 0.755. The summed E-state index contributed by atoms with van der Waals surface area (Å²) in [5.74, 6) is -1.55. The van der Waals surface area contributed by atoms with Gasteiger partial charge in [0.2, 0.25) is 0 Å². The first-order valence-corrected chi connectivity index (χ1v) is 6.45. The minimum absolute atomic E-state index is 0.0114. The predicted molar refractivity (Wildman–Crippen MR) is 52.8 cm³/mol. The molecule has 4 nitrogen and oxygen atoms in total. The zero-order chi connectivity index (χ0) is 11.0. The number of hydrogen-bond donors (Lipinski definition) is 1. The van der Waals surface area contributed by atoms with Gasteiger partial charge in [0, 0.05) is 0 Å². The first-order chi connectivity index (χ1) is 6.34. The van der Waals surface area contributed by atoms with Crippen LogP contribution in [0.25, 0.3) is 0 Å². The van der Waals surface area contributed by atoms with Gasteiger partial charge in [-0.3, -0.25) is 4.79 Å². The topological polar surface area (TPSA) is 71.4 Å². The number of sulfone groups is 1. The molecule has 0 aromatic rings. The van der Waals surface area contributed by atoms with Gasteiger partial charge in [-0.15, -0.1) is 0 Å². The Morgan fingerprint density at radius 2 is 1.93 bits per heavy atom. The van der Waals surface area contributed by atoms with E-state index in [9.17, 15) is 13.2 Å². The van der Waals surface area contributed by atoms with Crippen molar-refractivity contribution in [3.8, 4) is 0 Å². The van der Waals surface area contributed by atoms with Crippen LogP contribution < -0.4 is 0 Å². The van der Waals surface area contributed by atoms with Gasteiger partial charge in [-0.05, 0) is 18.8 Å². The van der Waals surface area contributed by atoms with Crippen LogP contribution in [0, 0.1) is 5.92 Å². The van der Waals surface area contributed by atoms with Crippen LogP contribution in [0.15, 0.2) is 0 Å². The largest absolute Gasteiger partial charge is 0.480 e. The number of hydrogen-bond acceptors (Lipinski definition) is 3. The number of rotatable bonds is 2. The molecule has 82 valence electrons. The molecular formula is C9H16O4S. The van der Waals surface area contributed by atoms with E-state index in [1.165, 1.54) is 0 Å². The van der Waals surface area contributed by atoms with Crippen LogP contribution in [-0.4, -0.2) is 30.0 Å². The average Bonchev–Trinajstić information content (AvgIpc) is 2.02. The van der Waals surface area contributed by atoms with Crippen molar-refractivity contribution in [2.45, 2.75) is 37.9 Å². The monoisotopic (exact) mass is 220 g/mol. The fraction of sp³-hybridized carbons (Fsp3) is 0.889. The summed E-state index contributed by atoms with van der Waals surface area (Å²) < 4.78 is 22.1. The molecule has 0 bridgehead atoms. The second-order valence-corrected chi connectivity index (χ2v) is 6.49. The number of carbonyl (C=O) groups is 1. The molecule has 1 saturated heterocycles. The summed E-state index contributed by atoms with van der Waals surface area (Å²) >= 11 is 0. The van der Waals surface area contributed by atoms with Crippen molar-refractivity contribution in [1.29, 1.82) is 0 Å². The van der Waals surface area contributed by atoms with Crippen LogP contribution in [0.5, 0.6) is 0 Å². The maximum atomic E-state index is 11.8. The van der Waals surface area contributed by atoms with Crippen molar-refractivity contribution in [1.82, 2.24) is 0 Å². The summed E-state index contributed by atoms with van der Waals surface area (Å²) in [6.07, 6.45) is 1.52. The lowest BCUT2D eigenvalue weighted by atomic mass is 9.89. The Hall–Kier alpha value is -0.580. The van der Waals surface area contributed by atoms with Gasteiger partial charge in [0.05, 0.1) is 5.75 Å². The number of aliphatic carboxylic acids is 1. The van der Waals surface area contributed by atoms with Crippen molar-refractivity contribution in [3.05, 3.63) is 0 Å². The first kappa shape index (κ1) is 11.5. The van der Waals surface area contributed by atoms with Crippen molar-refractivity contribution >= 4 is 15.8 Å². The van der Waals surface area contributed by atoms with Crippen molar-refractivity contribution in [2.75, 3.05) is 5.75 Å². The fourth-order valence-corrected chi connectivity index (χ4v) is 4.54. The van der Waals surface area contributed by atoms with Crippen LogP contribution in [0.3, 0.4) is 0 Å². The Morgan fingerprint density at radius 3 is 2.21 bits per heavy atom. The molecule has 0 aliphatic carbocycles. The van der Waals surface area contributed by atoms with Crippen LogP contribution in [0.2, 0.25) is 0 Å². The summed E-state index contributed by atoms with van der Waals surface area (Å²) in [5.41, 5.74) is 0. The maximum absolute atomic E-state index is 11.8. The SMILES string of the molecule is CC(C)C1(C(=O)O)CCCCS1(=O)=O. The van der Waals surface area contributed by atoms with Crippen molar-refractivity contribution in [3.63, 3.8) is 0 Å². The minimum Gasteiger partial charge on any atom is -0.480 e. The minimum atomic E-state index is -3.48. The van der Waals surface area contributed by atoms with Gasteiger partial charge in [0.25, 0.3) is 0 Å².